The Labute approximate surface area is 194 Å². The number of hydrogen-bond acceptors (Lipinski definition) is 8. The number of aliphatic hydroxyl groups excluding tert-OH is 2. The molecular weight excluding hydrogens is 438 g/mol. The lowest BCUT2D eigenvalue weighted by Crippen LogP contribution is -2.50. The summed E-state index contributed by atoms with van der Waals surface area (Å²) in [6.45, 7) is 0.680. The van der Waals surface area contributed by atoms with Crippen molar-refractivity contribution < 1.29 is 19.7 Å². The smallest absolute Gasteiger partial charge is 0.257 e. The lowest BCUT2D eigenvalue weighted by atomic mass is 9.89. The number of aliphatic hydroxyl groups is 2. The first-order valence-electron chi connectivity index (χ1n) is 11.3. The van der Waals surface area contributed by atoms with E-state index in [1.54, 1.807) is 17.8 Å². The molecule has 11 heteroatoms. The quantitative estimate of drug-likeness (QED) is 0.343. The lowest BCUT2D eigenvalue weighted by Gasteiger charge is -2.32. The Bertz CT molecular complexity index is 1400. The van der Waals surface area contributed by atoms with Gasteiger partial charge < -0.3 is 30.2 Å². The number of carbonyl (C=O) groups excluding carboxylic acids is 1. The van der Waals surface area contributed by atoms with Gasteiger partial charge in [-0.15, -0.1) is 0 Å². The number of aromatic nitrogens is 5. The van der Waals surface area contributed by atoms with Crippen molar-refractivity contribution in [3.63, 3.8) is 0 Å². The zero-order valence-electron chi connectivity index (χ0n) is 18.5. The second-order valence-electron chi connectivity index (χ2n) is 8.79. The summed E-state index contributed by atoms with van der Waals surface area (Å²) in [6, 6.07) is 5.19. The molecule has 1 aliphatic heterocycles. The maximum absolute atomic E-state index is 13.0. The molecule has 4 aromatic rings. The van der Waals surface area contributed by atoms with Gasteiger partial charge in [-0.1, -0.05) is 0 Å². The Balaban J connectivity index is 1.48. The molecule has 1 unspecified atom stereocenters. The first-order chi connectivity index (χ1) is 16.5. The second-order valence-corrected chi connectivity index (χ2v) is 8.79. The highest BCUT2D eigenvalue weighted by atomic mass is 16.5. The minimum atomic E-state index is -0.624. The number of nitrogens with one attached hydrogen (secondary N) is 2. The third kappa shape index (κ3) is 3.23. The summed E-state index contributed by atoms with van der Waals surface area (Å²) in [5, 5.41) is 31.5. The molecule has 0 bridgehead atoms. The predicted molar refractivity (Wildman–Crippen MR) is 124 cm³/mol. The second kappa shape index (κ2) is 8.05. The molecule has 4 atom stereocenters. The zero-order chi connectivity index (χ0) is 23.4. The summed E-state index contributed by atoms with van der Waals surface area (Å²) in [5.74, 6) is 0.345. The summed E-state index contributed by atoms with van der Waals surface area (Å²) in [7, 11) is 1.78. The Kier molecular flexibility index (Phi) is 4.97. The van der Waals surface area contributed by atoms with Crippen molar-refractivity contribution in [3.8, 4) is 11.3 Å². The molecule has 34 heavy (non-hydrogen) atoms. The highest BCUT2D eigenvalue weighted by Gasteiger charge is 2.32. The van der Waals surface area contributed by atoms with Crippen LogP contribution >= 0.6 is 0 Å². The fourth-order valence-electron chi connectivity index (χ4n) is 4.67. The standard InChI is InChI=1S/C23H25N7O4/c1-24-20-7-16(27-22-13(8-26-30(20)22)23(33)28-15-4-5-18(15)31)14-9-29(17-10-34-11-19(17)32)21-12(14)3-2-6-25-21/h2-3,6-9,15,17-19,24,31-32H,4-5,10-11H2,1H3,(H,28,33)/t15?,17-,18-,19-/m0/s1. The molecule has 176 valence electrons. The van der Waals surface area contributed by atoms with Crippen LogP contribution in [-0.2, 0) is 4.74 Å². The van der Waals surface area contributed by atoms with Crippen LogP contribution in [0.25, 0.3) is 27.9 Å². The van der Waals surface area contributed by atoms with Crippen LogP contribution in [0.3, 0.4) is 0 Å². The van der Waals surface area contributed by atoms with Crippen molar-refractivity contribution in [2.24, 2.45) is 0 Å². The molecule has 4 aromatic heterocycles. The predicted octanol–water partition coefficient (Wildman–Crippen LogP) is 0.973. The van der Waals surface area contributed by atoms with Crippen LogP contribution in [0.5, 0.6) is 0 Å². The molecule has 2 fully saturated rings. The largest absolute Gasteiger partial charge is 0.391 e. The Morgan fingerprint density at radius 1 is 1.21 bits per heavy atom. The van der Waals surface area contributed by atoms with Crippen LogP contribution < -0.4 is 10.6 Å². The van der Waals surface area contributed by atoms with Crippen molar-refractivity contribution in [2.45, 2.75) is 37.1 Å². The molecule has 5 heterocycles. The average Bonchev–Trinajstić information content (AvgIpc) is 3.57. The zero-order valence-corrected chi connectivity index (χ0v) is 18.5. The molecule has 2 aliphatic rings. The number of pyridine rings is 1. The Morgan fingerprint density at radius 2 is 2.09 bits per heavy atom. The van der Waals surface area contributed by atoms with E-state index in [1.807, 2.05) is 29.0 Å². The van der Waals surface area contributed by atoms with Gasteiger partial charge in [0.05, 0.1) is 43.3 Å². The van der Waals surface area contributed by atoms with E-state index in [-0.39, 0.29) is 24.6 Å². The van der Waals surface area contributed by atoms with Gasteiger partial charge in [0, 0.05) is 36.5 Å². The average molecular weight is 463 g/mol. The van der Waals surface area contributed by atoms with E-state index in [2.05, 4.69) is 20.7 Å². The van der Waals surface area contributed by atoms with Crippen molar-refractivity contribution in [2.75, 3.05) is 25.6 Å². The van der Waals surface area contributed by atoms with Crippen LogP contribution in [0.1, 0.15) is 29.2 Å². The van der Waals surface area contributed by atoms with Crippen LogP contribution in [0.15, 0.2) is 36.8 Å². The fraction of sp³-hybridized carbons (Fsp3) is 0.391. The molecule has 1 saturated carbocycles. The molecule has 0 radical (unpaired) electrons. The third-order valence-corrected chi connectivity index (χ3v) is 6.77. The number of amides is 1. The molecule has 4 N–H and O–H groups in total. The van der Waals surface area contributed by atoms with E-state index < -0.39 is 12.2 Å². The van der Waals surface area contributed by atoms with Crippen LogP contribution in [0, 0.1) is 0 Å². The van der Waals surface area contributed by atoms with Crippen molar-refractivity contribution >= 4 is 28.4 Å². The number of nitrogens with zero attached hydrogens (tertiary/aromatic N) is 5. The summed E-state index contributed by atoms with van der Waals surface area (Å²) in [6.07, 6.45) is 5.43. The van der Waals surface area contributed by atoms with E-state index in [0.717, 1.165) is 23.0 Å². The van der Waals surface area contributed by atoms with Crippen molar-refractivity contribution in [1.29, 1.82) is 0 Å². The maximum Gasteiger partial charge on any atom is 0.257 e. The monoisotopic (exact) mass is 463 g/mol. The van der Waals surface area contributed by atoms with E-state index in [9.17, 15) is 15.0 Å². The van der Waals surface area contributed by atoms with Gasteiger partial charge >= 0.3 is 0 Å². The number of hydrogen-bond donors (Lipinski definition) is 4. The van der Waals surface area contributed by atoms with Crippen molar-refractivity contribution in [3.05, 3.63) is 42.4 Å². The van der Waals surface area contributed by atoms with Gasteiger partial charge in [0.2, 0.25) is 0 Å². The van der Waals surface area contributed by atoms with E-state index in [1.165, 1.54) is 6.20 Å². The molecule has 0 aromatic carbocycles. The van der Waals surface area contributed by atoms with Gasteiger partial charge in [0.1, 0.15) is 23.1 Å². The van der Waals surface area contributed by atoms with E-state index in [0.29, 0.717) is 35.8 Å². The molecule has 1 amide bonds. The Hall–Kier alpha value is -3.54. The normalized spacial score (nSPS) is 24.4. The van der Waals surface area contributed by atoms with Crippen LogP contribution in [0.4, 0.5) is 5.82 Å². The molecule has 11 nitrogen and oxygen atoms in total. The topological polar surface area (TPSA) is 139 Å². The number of anilines is 1. The van der Waals surface area contributed by atoms with Gasteiger partial charge in [0.15, 0.2) is 5.65 Å². The van der Waals surface area contributed by atoms with Crippen LogP contribution in [-0.4, -0.2) is 78.8 Å². The van der Waals surface area contributed by atoms with Crippen molar-refractivity contribution in [1.82, 2.24) is 29.5 Å². The summed E-state index contributed by atoms with van der Waals surface area (Å²) < 4.78 is 8.99. The van der Waals surface area contributed by atoms with Gasteiger partial charge in [-0.2, -0.15) is 9.61 Å². The Morgan fingerprint density at radius 3 is 2.79 bits per heavy atom. The number of carbonyl (C=O) groups is 1. The minimum Gasteiger partial charge on any atom is -0.391 e. The highest BCUT2D eigenvalue weighted by molar-refractivity contribution is 6.01. The van der Waals surface area contributed by atoms with Gasteiger partial charge in [-0.3, -0.25) is 4.79 Å². The third-order valence-electron chi connectivity index (χ3n) is 6.77. The molecule has 1 saturated heterocycles. The summed E-state index contributed by atoms with van der Waals surface area (Å²) in [4.78, 5) is 22.3. The SMILES string of the molecule is CNc1cc(-c2cn([C@H]3COC[C@@H]3O)c3ncccc23)nc2c(C(=O)NC3CC[C@@H]3O)cnn12. The summed E-state index contributed by atoms with van der Waals surface area (Å²) >= 11 is 0. The maximum atomic E-state index is 13.0. The first kappa shape index (κ1) is 21.0. The van der Waals surface area contributed by atoms with Crippen LogP contribution in [0.2, 0.25) is 0 Å². The fourth-order valence-corrected chi connectivity index (χ4v) is 4.67. The van der Waals surface area contributed by atoms with E-state index >= 15 is 0 Å². The van der Waals surface area contributed by atoms with Gasteiger partial charge in [0.25, 0.3) is 5.91 Å². The molecule has 0 spiro atoms. The molecule has 1 aliphatic carbocycles. The number of fused-ring (bicyclic) bond motifs is 2. The van der Waals surface area contributed by atoms with Gasteiger partial charge in [-0.25, -0.2) is 9.97 Å². The number of rotatable bonds is 5. The minimum absolute atomic E-state index is 0.246. The van der Waals surface area contributed by atoms with Gasteiger partial charge in [-0.05, 0) is 25.0 Å². The molecular formula is C23H25N7O4. The molecule has 6 rings (SSSR count). The first-order valence-corrected chi connectivity index (χ1v) is 11.3. The summed E-state index contributed by atoms with van der Waals surface area (Å²) in [5.41, 5.74) is 2.93. The highest BCUT2D eigenvalue weighted by Crippen LogP contribution is 2.34. The number of ether oxygens (including phenoxy) is 1. The van der Waals surface area contributed by atoms with E-state index in [4.69, 9.17) is 9.72 Å². The lowest BCUT2D eigenvalue weighted by molar-refractivity contribution is 0.0448.